The van der Waals surface area contributed by atoms with E-state index in [1.165, 1.54) is 12.1 Å². The summed E-state index contributed by atoms with van der Waals surface area (Å²) in [6.45, 7) is 0.976. The highest BCUT2D eigenvalue weighted by molar-refractivity contribution is 7.98. The molecule has 0 fully saturated rings. The van der Waals surface area contributed by atoms with Crippen LogP contribution in [0.25, 0.3) is 0 Å². The van der Waals surface area contributed by atoms with Crippen LogP contribution in [-0.2, 0) is 12.7 Å². The summed E-state index contributed by atoms with van der Waals surface area (Å²) in [5, 5.41) is 2.99. The number of alkyl halides is 3. The van der Waals surface area contributed by atoms with Gasteiger partial charge in [-0.2, -0.15) is 24.9 Å². The number of nitrogens with one attached hydrogen (secondary N) is 1. The van der Waals surface area contributed by atoms with E-state index in [2.05, 4.69) is 5.32 Å². The van der Waals surface area contributed by atoms with Gasteiger partial charge in [-0.05, 0) is 17.9 Å². The molecule has 0 unspecified atom stereocenters. The minimum Gasteiger partial charge on any atom is -0.312 e. The van der Waals surface area contributed by atoms with E-state index < -0.39 is 11.7 Å². The fourth-order valence-corrected chi connectivity index (χ4v) is 1.70. The van der Waals surface area contributed by atoms with Crippen LogP contribution < -0.4 is 5.32 Å². The van der Waals surface area contributed by atoms with Gasteiger partial charge in [0.2, 0.25) is 0 Å². The lowest BCUT2D eigenvalue weighted by molar-refractivity contribution is -0.138. The van der Waals surface area contributed by atoms with Crippen molar-refractivity contribution in [1.29, 1.82) is 0 Å². The fourth-order valence-electron chi connectivity index (χ4n) is 1.35. The molecule has 0 heterocycles. The number of benzene rings is 1. The van der Waals surface area contributed by atoms with Crippen LogP contribution in [0.1, 0.15) is 11.1 Å². The summed E-state index contributed by atoms with van der Waals surface area (Å²) >= 11 is 1.66. The van der Waals surface area contributed by atoms with Crippen molar-refractivity contribution in [1.82, 2.24) is 5.32 Å². The molecule has 0 amide bonds. The van der Waals surface area contributed by atoms with Crippen LogP contribution in [0.5, 0.6) is 0 Å². The SMILES string of the molecule is CSCCNCc1ccccc1C(F)(F)F. The van der Waals surface area contributed by atoms with Crippen LogP contribution in [-0.4, -0.2) is 18.6 Å². The third kappa shape index (κ3) is 4.06. The second-order valence-electron chi connectivity index (χ2n) is 3.32. The van der Waals surface area contributed by atoms with E-state index in [9.17, 15) is 13.2 Å². The third-order valence-corrected chi connectivity index (χ3v) is 2.73. The van der Waals surface area contributed by atoms with Gasteiger partial charge in [-0.3, -0.25) is 0 Å². The molecule has 1 aromatic rings. The molecule has 1 rings (SSSR count). The number of thioether (sulfide) groups is 1. The molecule has 0 aliphatic carbocycles. The molecule has 0 radical (unpaired) electrons. The van der Waals surface area contributed by atoms with Crippen molar-refractivity contribution in [3.63, 3.8) is 0 Å². The van der Waals surface area contributed by atoms with E-state index in [4.69, 9.17) is 0 Å². The summed E-state index contributed by atoms with van der Waals surface area (Å²) < 4.78 is 37.8. The Morgan fingerprint density at radius 3 is 2.56 bits per heavy atom. The van der Waals surface area contributed by atoms with Crippen LogP contribution in [0.3, 0.4) is 0 Å². The molecule has 0 bridgehead atoms. The van der Waals surface area contributed by atoms with Crippen molar-refractivity contribution in [3.05, 3.63) is 35.4 Å². The van der Waals surface area contributed by atoms with Gasteiger partial charge in [-0.15, -0.1) is 0 Å². The molecular weight excluding hydrogens is 235 g/mol. The first kappa shape index (κ1) is 13.4. The van der Waals surface area contributed by atoms with Gasteiger partial charge in [0.1, 0.15) is 0 Å². The highest BCUT2D eigenvalue weighted by atomic mass is 32.2. The van der Waals surface area contributed by atoms with E-state index in [1.807, 2.05) is 6.26 Å². The molecule has 90 valence electrons. The third-order valence-electron chi connectivity index (χ3n) is 2.12. The predicted molar refractivity (Wildman–Crippen MR) is 61.5 cm³/mol. The van der Waals surface area contributed by atoms with Crippen LogP contribution in [0.2, 0.25) is 0 Å². The maximum absolute atomic E-state index is 12.6. The highest BCUT2D eigenvalue weighted by Crippen LogP contribution is 2.31. The van der Waals surface area contributed by atoms with Crippen molar-refractivity contribution in [2.24, 2.45) is 0 Å². The number of rotatable bonds is 5. The minimum absolute atomic E-state index is 0.260. The zero-order valence-corrected chi connectivity index (χ0v) is 9.79. The van der Waals surface area contributed by atoms with Gasteiger partial charge < -0.3 is 5.32 Å². The van der Waals surface area contributed by atoms with E-state index in [0.29, 0.717) is 12.1 Å². The number of hydrogen-bond donors (Lipinski definition) is 1. The Morgan fingerprint density at radius 1 is 1.25 bits per heavy atom. The zero-order valence-electron chi connectivity index (χ0n) is 8.97. The lowest BCUT2D eigenvalue weighted by Crippen LogP contribution is -2.19. The molecule has 0 aliphatic rings. The van der Waals surface area contributed by atoms with Gasteiger partial charge in [0.05, 0.1) is 5.56 Å². The Hall–Kier alpha value is -0.680. The standard InChI is InChI=1S/C11H14F3NS/c1-16-7-6-15-8-9-4-2-3-5-10(9)11(12,13)14/h2-5,15H,6-8H2,1H3. The van der Waals surface area contributed by atoms with Gasteiger partial charge in [-0.1, -0.05) is 18.2 Å². The smallest absolute Gasteiger partial charge is 0.312 e. The second kappa shape index (κ2) is 6.15. The molecule has 1 nitrogen and oxygen atoms in total. The average molecular weight is 249 g/mol. The first-order valence-electron chi connectivity index (χ1n) is 4.90. The predicted octanol–water partition coefficient (Wildman–Crippen LogP) is 3.16. The second-order valence-corrected chi connectivity index (χ2v) is 4.31. The molecule has 1 N–H and O–H groups in total. The zero-order chi connectivity index (χ0) is 12.0. The molecule has 0 spiro atoms. The number of halogens is 3. The number of hydrogen-bond acceptors (Lipinski definition) is 2. The van der Waals surface area contributed by atoms with Gasteiger partial charge in [0.15, 0.2) is 0 Å². The molecule has 5 heteroatoms. The van der Waals surface area contributed by atoms with Crippen LogP contribution in [0.4, 0.5) is 13.2 Å². The topological polar surface area (TPSA) is 12.0 Å². The quantitative estimate of drug-likeness (QED) is 0.804. The largest absolute Gasteiger partial charge is 0.416 e. The van der Waals surface area contributed by atoms with Crippen LogP contribution >= 0.6 is 11.8 Å². The van der Waals surface area contributed by atoms with Gasteiger partial charge in [-0.25, -0.2) is 0 Å². The van der Waals surface area contributed by atoms with Crippen molar-refractivity contribution in [3.8, 4) is 0 Å². The summed E-state index contributed by atoms with van der Waals surface area (Å²) in [6.07, 6.45) is -2.30. The summed E-state index contributed by atoms with van der Waals surface area (Å²) in [5.74, 6) is 0.897. The first-order valence-corrected chi connectivity index (χ1v) is 6.30. The van der Waals surface area contributed by atoms with Gasteiger partial charge in [0, 0.05) is 18.8 Å². The van der Waals surface area contributed by atoms with E-state index in [1.54, 1.807) is 17.8 Å². The van der Waals surface area contributed by atoms with Crippen LogP contribution in [0.15, 0.2) is 24.3 Å². The normalized spacial score (nSPS) is 11.8. The van der Waals surface area contributed by atoms with Crippen molar-refractivity contribution in [2.75, 3.05) is 18.6 Å². The maximum atomic E-state index is 12.6. The maximum Gasteiger partial charge on any atom is 0.416 e. The monoisotopic (exact) mass is 249 g/mol. The molecule has 1 aromatic carbocycles. The highest BCUT2D eigenvalue weighted by Gasteiger charge is 2.32. The first-order chi connectivity index (χ1) is 7.55. The van der Waals surface area contributed by atoms with E-state index in [-0.39, 0.29) is 6.54 Å². The minimum atomic E-state index is -4.27. The molecular formula is C11H14F3NS. The van der Waals surface area contributed by atoms with E-state index in [0.717, 1.165) is 11.8 Å². The summed E-state index contributed by atoms with van der Waals surface area (Å²) in [7, 11) is 0. The molecule has 16 heavy (non-hydrogen) atoms. The Kier molecular flexibility index (Phi) is 5.15. The summed E-state index contributed by atoms with van der Waals surface area (Å²) in [4.78, 5) is 0. The summed E-state index contributed by atoms with van der Waals surface area (Å²) in [5.41, 5.74) is -0.247. The molecule has 0 saturated carbocycles. The Balaban J connectivity index is 2.65. The molecule has 0 saturated heterocycles. The van der Waals surface area contributed by atoms with Gasteiger partial charge in [0.25, 0.3) is 0 Å². The average Bonchev–Trinajstić information content (AvgIpc) is 2.24. The Labute approximate surface area is 97.4 Å². The Bertz CT molecular complexity index is 325. The van der Waals surface area contributed by atoms with Crippen molar-refractivity contribution < 1.29 is 13.2 Å². The molecule has 0 aliphatic heterocycles. The molecule has 0 atom stereocenters. The molecule has 0 aromatic heterocycles. The Morgan fingerprint density at radius 2 is 1.94 bits per heavy atom. The fraction of sp³-hybridized carbons (Fsp3) is 0.455. The van der Waals surface area contributed by atoms with Crippen molar-refractivity contribution >= 4 is 11.8 Å². The van der Waals surface area contributed by atoms with E-state index >= 15 is 0 Å². The lowest BCUT2D eigenvalue weighted by atomic mass is 10.1. The summed E-state index contributed by atoms with van der Waals surface area (Å²) in [6, 6.07) is 5.66. The van der Waals surface area contributed by atoms with Crippen molar-refractivity contribution in [2.45, 2.75) is 12.7 Å². The van der Waals surface area contributed by atoms with Crippen LogP contribution in [0, 0.1) is 0 Å². The van der Waals surface area contributed by atoms with Gasteiger partial charge >= 0.3 is 6.18 Å². The lowest BCUT2D eigenvalue weighted by Gasteiger charge is -2.12.